The van der Waals surface area contributed by atoms with Crippen LogP contribution in [0.15, 0.2) is 42.6 Å². The van der Waals surface area contributed by atoms with Crippen molar-refractivity contribution in [1.29, 1.82) is 0 Å². The zero-order chi connectivity index (χ0) is 19.4. The molecule has 140 valence electrons. The van der Waals surface area contributed by atoms with Crippen LogP contribution in [0.5, 0.6) is 0 Å². The van der Waals surface area contributed by atoms with Crippen LogP contribution < -0.4 is 10.6 Å². The summed E-state index contributed by atoms with van der Waals surface area (Å²) in [6.45, 7) is 10.6. The number of rotatable bonds is 6. The molecular weight excluding hydrogens is 334 g/mol. The quantitative estimate of drug-likeness (QED) is 0.614. The first-order chi connectivity index (χ1) is 13.0. The van der Waals surface area contributed by atoms with Crippen LogP contribution in [0.1, 0.15) is 37.0 Å². The van der Waals surface area contributed by atoms with E-state index in [1.165, 1.54) is 16.7 Å². The van der Waals surface area contributed by atoms with E-state index in [2.05, 4.69) is 72.3 Å². The highest BCUT2D eigenvalue weighted by atomic mass is 15.2. The molecule has 0 radical (unpaired) electrons. The third-order valence-corrected chi connectivity index (χ3v) is 4.57. The van der Waals surface area contributed by atoms with Crippen LogP contribution >= 0.6 is 0 Å². The van der Waals surface area contributed by atoms with Gasteiger partial charge in [-0.2, -0.15) is 4.98 Å². The van der Waals surface area contributed by atoms with Crippen LogP contribution in [0.3, 0.4) is 0 Å². The molecule has 0 saturated carbocycles. The maximum absolute atomic E-state index is 4.69. The van der Waals surface area contributed by atoms with Crippen molar-refractivity contribution in [2.75, 3.05) is 10.6 Å². The first-order valence-corrected chi connectivity index (χ1v) is 9.38. The molecule has 0 aliphatic carbocycles. The Morgan fingerprint density at radius 2 is 1.70 bits per heavy atom. The number of nitrogens with zero attached hydrogens (tertiary/aromatic N) is 3. The highest BCUT2D eigenvalue weighted by molar-refractivity contribution is 5.69. The smallest absolute Gasteiger partial charge is 0.225 e. The maximum Gasteiger partial charge on any atom is 0.225 e. The monoisotopic (exact) mass is 361 g/mol. The topological polar surface area (TPSA) is 62.7 Å². The molecule has 0 unspecified atom stereocenters. The summed E-state index contributed by atoms with van der Waals surface area (Å²) in [5, 5.41) is 6.87. The lowest BCUT2D eigenvalue weighted by molar-refractivity contribution is 0.753. The van der Waals surface area contributed by atoms with Gasteiger partial charge in [0.1, 0.15) is 5.82 Å². The molecule has 2 aromatic heterocycles. The number of hydrogen-bond donors (Lipinski definition) is 2. The van der Waals surface area contributed by atoms with Crippen molar-refractivity contribution in [3.63, 3.8) is 0 Å². The van der Waals surface area contributed by atoms with Gasteiger partial charge in [-0.25, -0.2) is 4.98 Å². The Balaban J connectivity index is 2.02. The van der Waals surface area contributed by atoms with E-state index in [0.29, 0.717) is 12.0 Å². The standard InChI is InChI=1S/C22H27N5/c1-6-17(5)24-22-25-19(18-9-7-8-10-23-18)13-20(27-22)26-21-15(3)11-14(2)12-16(21)4/h7-13,17H,6H2,1-5H3,(H2,24,25,26,27)/t17-/m0/s1. The van der Waals surface area contributed by atoms with Crippen molar-refractivity contribution >= 4 is 17.5 Å². The summed E-state index contributed by atoms with van der Waals surface area (Å²) in [6.07, 6.45) is 2.77. The number of pyridine rings is 1. The molecule has 5 heteroatoms. The normalized spacial score (nSPS) is 11.9. The third-order valence-electron chi connectivity index (χ3n) is 4.57. The van der Waals surface area contributed by atoms with Gasteiger partial charge in [-0.1, -0.05) is 30.7 Å². The van der Waals surface area contributed by atoms with Gasteiger partial charge in [0.15, 0.2) is 0 Å². The highest BCUT2D eigenvalue weighted by Gasteiger charge is 2.11. The number of aryl methyl sites for hydroxylation is 3. The Labute approximate surface area is 161 Å². The Morgan fingerprint density at radius 3 is 2.33 bits per heavy atom. The fourth-order valence-electron chi connectivity index (χ4n) is 3.05. The highest BCUT2D eigenvalue weighted by Crippen LogP contribution is 2.27. The van der Waals surface area contributed by atoms with E-state index in [4.69, 9.17) is 0 Å². The summed E-state index contributed by atoms with van der Waals surface area (Å²) in [4.78, 5) is 13.8. The van der Waals surface area contributed by atoms with Crippen LogP contribution in [-0.2, 0) is 0 Å². The predicted molar refractivity (Wildman–Crippen MR) is 113 cm³/mol. The summed E-state index contributed by atoms with van der Waals surface area (Å²) >= 11 is 0. The van der Waals surface area contributed by atoms with Gasteiger partial charge in [-0.3, -0.25) is 4.98 Å². The number of anilines is 3. The molecule has 2 N–H and O–H groups in total. The summed E-state index contributed by atoms with van der Waals surface area (Å²) in [7, 11) is 0. The number of benzene rings is 1. The van der Waals surface area contributed by atoms with Gasteiger partial charge in [-0.05, 0) is 57.4 Å². The van der Waals surface area contributed by atoms with E-state index >= 15 is 0 Å². The molecule has 27 heavy (non-hydrogen) atoms. The average Bonchev–Trinajstić information content (AvgIpc) is 2.65. The number of hydrogen-bond acceptors (Lipinski definition) is 5. The van der Waals surface area contributed by atoms with E-state index in [-0.39, 0.29) is 0 Å². The van der Waals surface area contributed by atoms with Gasteiger partial charge in [0.2, 0.25) is 5.95 Å². The first kappa shape index (κ1) is 18.8. The molecule has 3 rings (SSSR count). The van der Waals surface area contributed by atoms with E-state index < -0.39 is 0 Å². The van der Waals surface area contributed by atoms with Crippen LogP contribution in [-0.4, -0.2) is 21.0 Å². The van der Waals surface area contributed by atoms with Gasteiger partial charge in [0, 0.05) is 24.0 Å². The van der Waals surface area contributed by atoms with Crippen molar-refractivity contribution in [2.24, 2.45) is 0 Å². The van der Waals surface area contributed by atoms with E-state index in [9.17, 15) is 0 Å². The van der Waals surface area contributed by atoms with E-state index in [0.717, 1.165) is 29.3 Å². The van der Waals surface area contributed by atoms with Crippen LogP contribution in [0, 0.1) is 20.8 Å². The molecule has 0 bridgehead atoms. The summed E-state index contributed by atoms with van der Waals surface area (Å²) in [6, 6.07) is 12.4. The van der Waals surface area contributed by atoms with E-state index in [1.54, 1.807) is 6.20 Å². The van der Waals surface area contributed by atoms with Crippen LogP contribution in [0.4, 0.5) is 17.5 Å². The van der Waals surface area contributed by atoms with Gasteiger partial charge in [0.25, 0.3) is 0 Å². The van der Waals surface area contributed by atoms with E-state index in [1.807, 2.05) is 24.3 Å². The van der Waals surface area contributed by atoms with Crippen molar-refractivity contribution in [1.82, 2.24) is 15.0 Å². The molecule has 3 aromatic rings. The Hall–Kier alpha value is -2.95. The summed E-state index contributed by atoms with van der Waals surface area (Å²) < 4.78 is 0. The average molecular weight is 361 g/mol. The predicted octanol–water partition coefficient (Wildman–Crippen LogP) is 5.42. The molecule has 1 aromatic carbocycles. The largest absolute Gasteiger partial charge is 0.352 e. The lowest BCUT2D eigenvalue weighted by atomic mass is 10.1. The Morgan fingerprint density at radius 1 is 0.963 bits per heavy atom. The molecule has 0 saturated heterocycles. The lowest BCUT2D eigenvalue weighted by Gasteiger charge is -2.16. The summed E-state index contributed by atoms with van der Waals surface area (Å²) in [5.41, 5.74) is 6.35. The number of aromatic nitrogens is 3. The van der Waals surface area contributed by atoms with Crippen molar-refractivity contribution in [3.05, 3.63) is 59.3 Å². The zero-order valence-electron chi connectivity index (χ0n) is 16.7. The Kier molecular flexibility index (Phi) is 5.69. The third kappa shape index (κ3) is 4.61. The van der Waals surface area contributed by atoms with Crippen molar-refractivity contribution in [3.8, 4) is 11.4 Å². The second-order valence-corrected chi connectivity index (χ2v) is 7.03. The van der Waals surface area contributed by atoms with Gasteiger partial charge < -0.3 is 10.6 Å². The SMILES string of the molecule is CC[C@H](C)Nc1nc(Nc2c(C)cc(C)cc2C)cc(-c2ccccn2)n1. The molecule has 2 heterocycles. The minimum Gasteiger partial charge on any atom is -0.352 e. The van der Waals surface area contributed by atoms with Crippen molar-refractivity contribution < 1.29 is 0 Å². The molecule has 0 aliphatic heterocycles. The van der Waals surface area contributed by atoms with Crippen LogP contribution in [0.25, 0.3) is 11.4 Å². The first-order valence-electron chi connectivity index (χ1n) is 9.38. The fourth-order valence-corrected chi connectivity index (χ4v) is 3.05. The minimum atomic E-state index is 0.291. The van der Waals surface area contributed by atoms with Gasteiger partial charge >= 0.3 is 0 Å². The zero-order valence-corrected chi connectivity index (χ0v) is 16.7. The molecule has 5 nitrogen and oxygen atoms in total. The lowest BCUT2D eigenvalue weighted by Crippen LogP contribution is -2.16. The molecule has 0 aliphatic rings. The van der Waals surface area contributed by atoms with Gasteiger partial charge in [-0.15, -0.1) is 0 Å². The van der Waals surface area contributed by atoms with Crippen molar-refractivity contribution in [2.45, 2.75) is 47.1 Å². The Bertz CT molecular complexity index is 898. The van der Waals surface area contributed by atoms with Gasteiger partial charge in [0.05, 0.1) is 11.4 Å². The fraction of sp³-hybridized carbons (Fsp3) is 0.318. The second kappa shape index (κ2) is 8.16. The molecule has 1 atom stereocenters. The molecule has 0 spiro atoms. The molecular formula is C22H27N5. The second-order valence-electron chi connectivity index (χ2n) is 7.03. The summed E-state index contributed by atoms with van der Waals surface area (Å²) in [5.74, 6) is 1.36. The molecule has 0 amide bonds. The van der Waals surface area contributed by atoms with Crippen LogP contribution in [0.2, 0.25) is 0 Å². The number of nitrogens with one attached hydrogen (secondary N) is 2. The maximum atomic E-state index is 4.69. The minimum absolute atomic E-state index is 0.291. The molecule has 0 fully saturated rings.